The number of rotatable bonds is 4. The first kappa shape index (κ1) is 15.5. The average Bonchev–Trinajstić information content (AvgIpc) is 2.56. The van der Waals surface area contributed by atoms with E-state index >= 15 is 0 Å². The van der Waals surface area contributed by atoms with E-state index in [2.05, 4.69) is 37.3 Å². The van der Waals surface area contributed by atoms with Crippen molar-refractivity contribution >= 4 is 0 Å². The fraction of sp³-hybridized carbons (Fsp3) is 0.182. The molecule has 23 heavy (non-hydrogen) atoms. The third-order valence-corrected chi connectivity index (χ3v) is 4.33. The van der Waals surface area contributed by atoms with Crippen LogP contribution in [0.2, 0.25) is 0 Å². The minimum atomic E-state index is -0.916. The Morgan fingerprint density at radius 1 is 0.739 bits per heavy atom. The Balaban J connectivity index is 2.05. The van der Waals surface area contributed by atoms with Crippen LogP contribution in [0.1, 0.15) is 23.6 Å². The van der Waals surface area contributed by atoms with Crippen LogP contribution in [0.4, 0.5) is 0 Å². The normalized spacial score (nSPS) is 13.5. The SMILES string of the molecule is Cc1ccccc1-c1ccccc1[C@@](C)(O)Cc1ccccc1. The van der Waals surface area contributed by atoms with Gasteiger partial charge in [-0.25, -0.2) is 0 Å². The summed E-state index contributed by atoms with van der Waals surface area (Å²) < 4.78 is 0. The topological polar surface area (TPSA) is 20.2 Å². The first-order valence-electron chi connectivity index (χ1n) is 8.00. The molecule has 0 saturated heterocycles. The summed E-state index contributed by atoms with van der Waals surface area (Å²) in [6.45, 7) is 4.01. The number of hydrogen-bond donors (Lipinski definition) is 1. The quantitative estimate of drug-likeness (QED) is 0.710. The van der Waals surface area contributed by atoms with E-state index in [0.717, 1.165) is 16.7 Å². The van der Waals surface area contributed by atoms with E-state index in [4.69, 9.17) is 0 Å². The van der Waals surface area contributed by atoms with Gasteiger partial charge in [-0.15, -0.1) is 0 Å². The second-order valence-electron chi connectivity index (χ2n) is 6.30. The monoisotopic (exact) mass is 302 g/mol. The molecule has 116 valence electrons. The summed E-state index contributed by atoms with van der Waals surface area (Å²) in [5.41, 5.74) is 4.69. The Morgan fingerprint density at radius 3 is 2.00 bits per heavy atom. The van der Waals surface area contributed by atoms with E-state index < -0.39 is 5.60 Å². The van der Waals surface area contributed by atoms with Gasteiger partial charge in [-0.1, -0.05) is 78.9 Å². The lowest BCUT2D eigenvalue weighted by Crippen LogP contribution is -2.25. The van der Waals surface area contributed by atoms with Crippen molar-refractivity contribution < 1.29 is 5.11 Å². The zero-order valence-corrected chi connectivity index (χ0v) is 13.7. The fourth-order valence-corrected chi connectivity index (χ4v) is 3.15. The molecule has 0 spiro atoms. The van der Waals surface area contributed by atoms with Crippen molar-refractivity contribution in [2.75, 3.05) is 0 Å². The Kier molecular flexibility index (Phi) is 4.31. The molecule has 0 aromatic heterocycles. The largest absolute Gasteiger partial charge is 0.385 e. The summed E-state index contributed by atoms with van der Waals surface area (Å²) in [5, 5.41) is 11.2. The molecular weight excluding hydrogens is 280 g/mol. The number of benzene rings is 3. The number of aliphatic hydroxyl groups is 1. The predicted molar refractivity (Wildman–Crippen MR) is 96.3 cm³/mol. The zero-order chi connectivity index (χ0) is 16.3. The van der Waals surface area contributed by atoms with Gasteiger partial charge in [0.05, 0.1) is 5.60 Å². The minimum absolute atomic E-state index is 0.594. The molecule has 1 atom stereocenters. The van der Waals surface area contributed by atoms with Gasteiger partial charge in [0.2, 0.25) is 0 Å². The van der Waals surface area contributed by atoms with E-state index in [1.807, 2.05) is 55.5 Å². The van der Waals surface area contributed by atoms with Crippen molar-refractivity contribution in [3.63, 3.8) is 0 Å². The third-order valence-electron chi connectivity index (χ3n) is 4.33. The van der Waals surface area contributed by atoms with Crippen molar-refractivity contribution in [2.24, 2.45) is 0 Å². The number of hydrogen-bond acceptors (Lipinski definition) is 1. The van der Waals surface area contributed by atoms with Gasteiger partial charge in [-0.2, -0.15) is 0 Å². The Morgan fingerprint density at radius 2 is 1.30 bits per heavy atom. The highest BCUT2D eigenvalue weighted by Crippen LogP contribution is 2.35. The molecule has 1 heteroatoms. The molecule has 3 aromatic rings. The molecular formula is C22H22O. The van der Waals surface area contributed by atoms with E-state index in [1.54, 1.807) is 0 Å². The van der Waals surface area contributed by atoms with Crippen LogP contribution in [0, 0.1) is 6.92 Å². The first-order valence-corrected chi connectivity index (χ1v) is 8.00. The highest BCUT2D eigenvalue weighted by Gasteiger charge is 2.26. The molecule has 0 aliphatic rings. The van der Waals surface area contributed by atoms with Crippen molar-refractivity contribution in [3.05, 3.63) is 95.6 Å². The molecule has 0 unspecified atom stereocenters. The highest BCUT2D eigenvalue weighted by molar-refractivity contribution is 5.71. The summed E-state index contributed by atoms with van der Waals surface area (Å²) in [4.78, 5) is 0. The summed E-state index contributed by atoms with van der Waals surface area (Å²) in [7, 11) is 0. The van der Waals surface area contributed by atoms with Gasteiger partial charge in [0.25, 0.3) is 0 Å². The van der Waals surface area contributed by atoms with Gasteiger partial charge in [0.1, 0.15) is 0 Å². The van der Waals surface area contributed by atoms with E-state index in [9.17, 15) is 5.11 Å². The van der Waals surface area contributed by atoms with E-state index in [-0.39, 0.29) is 0 Å². The Labute approximate surface area is 138 Å². The molecule has 0 fully saturated rings. The molecule has 3 rings (SSSR count). The standard InChI is InChI=1S/C22H22O/c1-17-10-6-7-13-19(17)20-14-8-9-15-21(20)22(2,23)16-18-11-4-3-5-12-18/h3-15,23H,16H2,1-2H3/t22-/m0/s1. The highest BCUT2D eigenvalue weighted by atomic mass is 16.3. The van der Waals surface area contributed by atoms with Crippen molar-refractivity contribution in [1.82, 2.24) is 0 Å². The van der Waals surface area contributed by atoms with Crippen LogP contribution in [0.15, 0.2) is 78.9 Å². The van der Waals surface area contributed by atoms with Crippen molar-refractivity contribution in [1.29, 1.82) is 0 Å². The van der Waals surface area contributed by atoms with E-state index in [1.165, 1.54) is 11.1 Å². The molecule has 0 radical (unpaired) electrons. The molecule has 0 aliphatic carbocycles. The first-order chi connectivity index (χ1) is 11.1. The molecule has 0 saturated carbocycles. The van der Waals surface area contributed by atoms with Crippen LogP contribution in [-0.4, -0.2) is 5.11 Å². The molecule has 1 nitrogen and oxygen atoms in total. The van der Waals surface area contributed by atoms with Gasteiger partial charge in [0, 0.05) is 6.42 Å². The van der Waals surface area contributed by atoms with Gasteiger partial charge < -0.3 is 5.11 Å². The predicted octanol–water partition coefficient (Wildman–Crippen LogP) is 5.11. The number of aryl methyl sites for hydroxylation is 1. The lowest BCUT2D eigenvalue weighted by Gasteiger charge is -2.27. The smallest absolute Gasteiger partial charge is 0.0914 e. The molecule has 0 bridgehead atoms. The zero-order valence-electron chi connectivity index (χ0n) is 13.7. The van der Waals surface area contributed by atoms with Crippen LogP contribution >= 0.6 is 0 Å². The average molecular weight is 302 g/mol. The van der Waals surface area contributed by atoms with Crippen LogP contribution in [0.3, 0.4) is 0 Å². The second kappa shape index (κ2) is 6.39. The molecule has 3 aromatic carbocycles. The second-order valence-corrected chi connectivity index (χ2v) is 6.30. The Bertz CT molecular complexity index is 788. The van der Waals surface area contributed by atoms with E-state index in [0.29, 0.717) is 6.42 Å². The van der Waals surface area contributed by atoms with Gasteiger partial charge in [0.15, 0.2) is 0 Å². The maximum absolute atomic E-state index is 11.2. The summed E-state index contributed by atoms with van der Waals surface area (Å²) in [6, 6.07) is 26.6. The molecule has 1 N–H and O–H groups in total. The Hall–Kier alpha value is -2.38. The summed E-state index contributed by atoms with van der Waals surface area (Å²) in [5.74, 6) is 0. The lowest BCUT2D eigenvalue weighted by molar-refractivity contribution is 0.0582. The van der Waals surface area contributed by atoms with Gasteiger partial charge in [-0.3, -0.25) is 0 Å². The molecule has 0 amide bonds. The van der Waals surface area contributed by atoms with Crippen LogP contribution in [-0.2, 0) is 12.0 Å². The summed E-state index contributed by atoms with van der Waals surface area (Å²) in [6.07, 6.45) is 0.594. The molecule has 0 aliphatic heterocycles. The maximum Gasteiger partial charge on any atom is 0.0914 e. The van der Waals surface area contributed by atoms with Crippen LogP contribution in [0.25, 0.3) is 11.1 Å². The molecule has 0 heterocycles. The van der Waals surface area contributed by atoms with Crippen LogP contribution in [0.5, 0.6) is 0 Å². The van der Waals surface area contributed by atoms with Crippen molar-refractivity contribution in [2.45, 2.75) is 25.9 Å². The van der Waals surface area contributed by atoms with Gasteiger partial charge >= 0.3 is 0 Å². The lowest BCUT2D eigenvalue weighted by atomic mass is 9.83. The van der Waals surface area contributed by atoms with Crippen molar-refractivity contribution in [3.8, 4) is 11.1 Å². The van der Waals surface area contributed by atoms with Crippen LogP contribution < -0.4 is 0 Å². The minimum Gasteiger partial charge on any atom is -0.385 e. The van der Waals surface area contributed by atoms with Gasteiger partial charge in [-0.05, 0) is 41.7 Å². The fourth-order valence-electron chi connectivity index (χ4n) is 3.15. The maximum atomic E-state index is 11.2. The summed E-state index contributed by atoms with van der Waals surface area (Å²) >= 11 is 0. The third kappa shape index (κ3) is 3.35.